The van der Waals surface area contributed by atoms with Crippen molar-refractivity contribution in [2.75, 3.05) is 4.72 Å². The summed E-state index contributed by atoms with van der Waals surface area (Å²) in [6.45, 7) is 6.03. The molecule has 0 saturated carbocycles. The second-order valence-corrected chi connectivity index (χ2v) is 6.81. The predicted octanol–water partition coefficient (Wildman–Crippen LogP) is 3.62. The third-order valence-corrected chi connectivity index (χ3v) is 4.61. The van der Waals surface area contributed by atoms with Crippen molar-refractivity contribution in [1.82, 2.24) is 19.7 Å². The summed E-state index contributed by atoms with van der Waals surface area (Å²) in [5.74, 6) is -0.564. The Morgan fingerprint density at radius 1 is 1.15 bits per heavy atom. The van der Waals surface area contributed by atoms with Crippen LogP contribution in [-0.4, -0.2) is 30.8 Å². The molecule has 2 heterocycles. The van der Waals surface area contributed by atoms with Crippen molar-refractivity contribution in [3.8, 4) is 11.3 Å². The first-order valence-corrected chi connectivity index (χ1v) is 8.79. The van der Waals surface area contributed by atoms with Crippen LogP contribution >= 0.6 is 11.9 Å². The Bertz CT molecular complexity index is 963. The van der Waals surface area contributed by atoms with Crippen LogP contribution in [0.5, 0.6) is 0 Å². The molecule has 3 rings (SSSR count). The number of hydrogen-bond donors (Lipinski definition) is 2. The van der Waals surface area contributed by atoms with Crippen molar-refractivity contribution in [3.63, 3.8) is 0 Å². The minimum absolute atomic E-state index is 0.121. The summed E-state index contributed by atoms with van der Waals surface area (Å²) in [6.07, 6.45) is 0. The van der Waals surface area contributed by atoms with Gasteiger partial charge in [0.1, 0.15) is 10.7 Å². The fraction of sp³-hybridized carbons (Fsp3) is 0.222. The maximum atomic E-state index is 11.1. The molecule has 1 aromatic carbocycles. The largest absolute Gasteiger partial charge is 0.477 e. The number of aryl methyl sites for hydroxylation is 4. The molecule has 0 atom stereocenters. The highest BCUT2D eigenvalue weighted by Gasteiger charge is 2.13. The summed E-state index contributed by atoms with van der Waals surface area (Å²) >= 11 is 1.18. The molecule has 0 spiro atoms. The van der Waals surface area contributed by atoms with Crippen molar-refractivity contribution in [2.45, 2.75) is 25.8 Å². The van der Waals surface area contributed by atoms with Gasteiger partial charge in [0, 0.05) is 36.3 Å². The van der Waals surface area contributed by atoms with Crippen molar-refractivity contribution < 1.29 is 9.90 Å². The zero-order valence-electron chi connectivity index (χ0n) is 14.9. The Labute approximate surface area is 155 Å². The van der Waals surface area contributed by atoms with E-state index >= 15 is 0 Å². The van der Waals surface area contributed by atoms with Crippen LogP contribution in [-0.2, 0) is 7.05 Å². The Balaban J connectivity index is 1.87. The summed E-state index contributed by atoms with van der Waals surface area (Å²) in [5, 5.41) is 13.8. The van der Waals surface area contributed by atoms with Crippen LogP contribution in [0, 0.1) is 20.8 Å². The van der Waals surface area contributed by atoms with Crippen LogP contribution in [0.3, 0.4) is 0 Å². The lowest BCUT2D eigenvalue weighted by Crippen LogP contribution is -2.04. The lowest BCUT2D eigenvalue weighted by atomic mass is 9.99. The fourth-order valence-electron chi connectivity index (χ4n) is 2.75. The number of nitrogens with zero attached hydrogens (tertiary/aromatic N) is 4. The molecule has 2 N–H and O–H groups in total. The smallest absolute Gasteiger partial charge is 0.354 e. The van der Waals surface area contributed by atoms with E-state index in [1.807, 2.05) is 19.1 Å². The highest BCUT2D eigenvalue weighted by Crippen LogP contribution is 2.27. The average Bonchev–Trinajstić information content (AvgIpc) is 2.93. The number of carboxylic acid groups (broad SMARTS) is 1. The molecule has 0 aliphatic carbocycles. The molecular weight excluding hydrogens is 350 g/mol. The molecule has 0 aliphatic heterocycles. The minimum atomic E-state index is -1.02. The van der Waals surface area contributed by atoms with E-state index in [0.717, 1.165) is 28.1 Å². The fourth-order valence-corrected chi connectivity index (χ4v) is 3.37. The van der Waals surface area contributed by atoms with Gasteiger partial charge in [-0.2, -0.15) is 5.10 Å². The summed E-state index contributed by atoms with van der Waals surface area (Å²) in [5.41, 5.74) is 5.21. The first-order valence-electron chi connectivity index (χ1n) is 7.97. The van der Waals surface area contributed by atoms with Crippen molar-refractivity contribution in [1.29, 1.82) is 0 Å². The maximum Gasteiger partial charge on any atom is 0.354 e. The zero-order chi connectivity index (χ0) is 18.8. The van der Waals surface area contributed by atoms with Crippen LogP contribution < -0.4 is 4.72 Å². The molecule has 134 valence electrons. The highest BCUT2D eigenvalue weighted by molar-refractivity contribution is 8.00. The number of benzene rings is 1. The van der Waals surface area contributed by atoms with E-state index in [-0.39, 0.29) is 5.69 Å². The zero-order valence-corrected chi connectivity index (χ0v) is 15.8. The summed E-state index contributed by atoms with van der Waals surface area (Å²) in [7, 11) is 1.59. The number of nitrogens with one attached hydrogen (secondary N) is 1. The second-order valence-electron chi connectivity index (χ2n) is 5.99. The number of aromatic nitrogens is 4. The standard InChI is InChI=1S/C18H19N5O2S/c1-10-6-5-7-11(2)16(10)13-8-12(3)19-18(20-13)22-26-15-9-14(17(24)25)23(4)21-15/h5-9H,1-4H3,(H,24,25)(H,19,20,22). The number of aromatic carboxylic acids is 1. The van der Waals surface area contributed by atoms with Crippen LogP contribution in [0.1, 0.15) is 27.3 Å². The summed E-state index contributed by atoms with van der Waals surface area (Å²) in [4.78, 5) is 20.1. The van der Waals surface area contributed by atoms with E-state index in [2.05, 4.69) is 45.8 Å². The Hall–Kier alpha value is -2.87. The highest BCUT2D eigenvalue weighted by atomic mass is 32.2. The topological polar surface area (TPSA) is 92.9 Å². The van der Waals surface area contributed by atoms with Gasteiger partial charge in [-0.1, -0.05) is 18.2 Å². The monoisotopic (exact) mass is 369 g/mol. The van der Waals surface area contributed by atoms with Gasteiger partial charge in [-0.3, -0.25) is 9.40 Å². The third-order valence-electron chi connectivity index (χ3n) is 3.91. The van der Waals surface area contributed by atoms with Gasteiger partial charge < -0.3 is 5.11 Å². The average molecular weight is 369 g/mol. The van der Waals surface area contributed by atoms with Crippen LogP contribution in [0.2, 0.25) is 0 Å². The number of carbonyl (C=O) groups is 1. The number of anilines is 1. The lowest BCUT2D eigenvalue weighted by Gasteiger charge is -2.11. The SMILES string of the molecule is Cc1cc(-c2c(C)cccc2C)nc(NSc2cc(C(=O)O)n(C)n2)n1. The molecule has 8 heteroatoms. The maximum absolute atomic E-state index is 11.1. The van der Waals surface area contributed by atoms with Gasteiger partial charge in [0.2, 0.25) is 5.95 Å². The molecule has 2 aromatic heterocycles. The summed E-state index contributed by atoms with van der Waals surface area (Å²) in [6, 6.07) is 9.60. The van der Waals surface area contributed by atoms with E-state index in [1.54, 1.807) is 7.05 Å². The van der Waals surface area contributed by atoms with Crippen LogP contribution in [0.15, 0.2) is 35.4 Å². The minimum Gasteiger partial charge on any atom is -0.477 e. The van der Waals surface area contributed by atoms with E-state index in [9.17, 15) is 4.79 Å². The van der Waals surface area contributed by atoms with Gasteiger partial charge in [0.05, 0.1) is 5.69 Å². The molecule has 0 saturated heterocycles. The van der Waals surface area contributed by atoms with Gasteiger partial charge in [0.25, 0.3) is 0 Å². The van der Waals surface area contributed by atoms with Gasteiger partial charge >= 0.3 is 5.97 Å². The number of rotatable bonds is 5. The van der Waals surface area contributed by atoms with Crippen LogP contribution in [0.25, 0.3) is 11.3 Å². The van der Waals surface area contributed by atoms with Crippen LogP contribution in [0.4, 0.5) is 5.95 Å². The Morgan fingerprint density at radius 2 is 1.85 bits per heavy atom. The summed E-state index contributed by atoms with van der Waals surface area (Å²) < 4.78 is 4.38. The third kappa shape index (κ3) is 3.70. The first kappa shape index (κ1) is 17.9. The molecule has 0 radical (unpaired) electrons. The molecule has 0 aliphatic rings. The number of hydrogen-bond acceptors (Lipinski definition) is 6. The van der Waals surface area contributed by atoms with Crippen molar-refractivity contribution >= 4 is 23.9 Å². The quantitative estimate of drug-likeness (QED) is 0.664. The van der Waals surface area contributed by atoms with Crippen molar-refractivity contribution in [3.05, 3.63) is 52.8 Å². The lowest BCUT2D eigenvalue weighted by molar-refractivity contribution is 0.0685. The number of carboxylic acids is 1. The van der Waals surface area contributed by atoms with Gasteiger partial charge in [-0.05, 0) is 38.0 Å². The molecule has 3 aromatic rings. The molecule has 0 bridgehead atoms. The molecule has 26 heavy (non-hydrogen) atoms. The molecule has 0 amide bonds. The van der Waals surface area contributed by atoms with Crippen molar-refractivity contribution in [2.24, 2.45) is 7.05 Å². The molecule has 7 nitrogen and oxygen atoms in total. The Kier molecular flexibility index (Phi) is 4.94. The van der Waals surface area contributed by atoms with Gasteiger partial charge in [-0.25, -0.2) is 14.8 Å². The van der Waals surface area contributed by atoms with E-state index in [4.69, 9.17) is 5.11 Å². The van der Waals surface area contributed by atoms with E-state index in [1.165, 1.54) is 22.7 Å². The molecular formula is C18H19N5O2S. The first-order chi connectivity index (χ1) is 12.3. The van der Waals surface area contributed by atoms with Gasteiger partial charge in [-0.15, -0.1) is 0 Å². The molecule has 0 fully saturated rings. The Morgan fingerprint density at radius 3 is 2.46 bits per heavy atom. The van der Waals surface area contributed by atoms with E-state index < -0.39 is 5.97 Å². The van der Waals surface area contributed by atoms with E-state index in [0.29, 0.717) is 11.0 Å². The predicted molar refractivity (Wildman–Crippen MR) is 101 cm³/mol. The van der Waals surface area contributed by atoms with Gasteiger partial charge in [0.15, 0.2) is 0 Å². The molecule has 0 unspecified atom stereocenters. The normalized spacial score (nSPS) is 10.8. The second kappa shape index (κ2) is 7.17.